The fourth-order valence-corrected chi connectivity index (χ4v) is 0.709. The number of carbonyl (C=O) groups is 2. The average molecular weight is 188 g/mol. The zero-order chi connectivity index (χ0) is 9.84. The Hall–Kier alpha value is -1.10. The van der Waals surface area contributed by atoms with Crippen LogP contribution < -0.4 is 0 Å². The fourth-order valence-electron chi connectivity index (χ4n) is 0.709. The first-order valence-corrected chi connectivity index (χ1v) is 4.14. The van der Waals surface area contributed by atoms with E-state index in [1.807, 2.05) is 0 Å². The lowest BCUT2D eigenvalue weighted by Gasteiger charge is -2.20. The molecule has 1 aliphatic carbocycles. The zero-order valence-corrected chi connectivity index (χ0v) is 7.10. The molecule has 0 bridgehead atoms. The summed E-state index contributed by atoms with van der Waals surface area (Å²) in [5.74, 6) is -1.58. The number of carboxylic acid groups (broad SMARTS) is 2. The van der Waals surface area contributed by atoms with Gasteiger partial charge < -0.3 is 14.9 Å². The van der Waals surface area contributed by atoms with Crippen LogP contribution in [-0.4, -0.2) is 35.4 Å². The number of hydrogen-bond acceptors (Lipinski definition) is 3. The van der Waals surface area contributed by atoms with Crippen LogP contribution >= 0.6 is 0 Å². The van der Waals surface area contributed by atoms with Gasteiger partial charge in [-0.2, -0.15) is 0 Å². The van der Waals surface area contributed by atoms with E-state index in [4.69, 9.17) is 10.2 Å². The van der Waals surface area contributed by atoms with Crippen LogP contribution in [-0.2, 0) is 14.3 Å². The Morgan fingerprint density at radius 2 is 1.46 bits per heavy atom. The molecule has 0 radical (unpaired) electrons. The SMILES string of the molecule is O=C(O)C1CC1.O=C(O)C1COC1. The first-order valence-electron chi connectivity index (χ1n) is 4.14. The van der Waals surface area contributed by atoms with E-state index in [1.165, 1.54) is 0 Å². The van der Waals surface area contributed by atoms with Crippen molar-refractivity contribution in [3.8, 4) is 0 Å². The van der Waals surface area contributed by atoms with Gasteiger partial charge in [-0.15, -0.1) is 0 Å². The summed E-state index contributed by atoms with van der Waals surface area (Å²) >= 11 is 0. The third-order valence-electron chi connectivity index (χ3n) is 1.91. The highest BCUT2D eigenvalue weighted by Gasteiger charge is 2.28. The molecule has 0 spiro atoms. The lowest BCUT2D eigenvalue weighted by Crippen LogP contribution is -2.34. The van der Waals surface area contributed by atoms with E-state index in [1.54, 1.807) is 0 Å². The van der Waals surface area contributed by atoms with Gasteiger partial charge in [0.15, 0.2) is 0 Å². The number of aliphatic carboxylic acids is 2. The van der Waals surface area contributed by atoms with Crippen LogP contribution in [0.2, 0.25) is 0 Å². The molecule has 1 heterocycles. The van der Waals surface area contributed by atoms with Gasteiger partial charge in [0.2, 0.25) is 0 Å². The van der Waals surface area contributed by atoms with Gasteiger partial charge in [-0.1, -0.05) is 0 Å². The van der Waals surface area contributed by atoms with E-state index in [-0.39, 0.29) is 11.8 Å². The Morgan fingerprint density at radius 1 is 1.00 bits per heavy atom. The van der Waals surface area contributed by atoms with Gasteiger partial charge in [-0.3, -0.25) is 9.59 Å². The summed E-state index contributed by atoms with van der Waals surface area (Å²) in [4.78, 5) is 19.7. The predicted molar refractivity (Wildman–Crippen MR) is 42.3 cm³/mol. The number of hydrogen-bond donors (Lipinski definition) is 2. The van der Waals surface area contributed by atoms with Gasteiger partial charge in [0, 0.05) is 0 Å². The maximum atomic E-state index is 9.90. The van der Waals surface area contributed by atoms with E-state index < -0.39 is 11.9 Å². The Balaban J connectivity index is 0.000000132. The third kappa shape index (κ3) is 3.42. The van der Waals surface area contributed by atoms with E-state index in [0.717, 1.165) is 12.8 Å². The van der Waals surface area contributed by atoms with Crippen molar-refractivity contribution in [1.29, 1.82) is 0 Å². The van der Waals surface area contributed by atoms with Crippen LogP contribution in [0.4, 0.5) is 0 Å². The monoisotopic (exact) mass is 188 g/mol. The van der Waals surface area contributed by atoms with Gasteiger partial charge in [-0.05, 0) is 12.8 Å². The zero-order valence-electron chi connectivity index (χ0n) is 7.10. The molecule has 1 saturated heterocycles. The van der Waals surface area contributed by atoms with Crippen molar-refractivity contribution in [2.24, 2.45) is 11.8 Å². The molecule has 0 atom stereocenters. The van der Waals surface area contributed by atoms with Crippen molar-refractivity contribution in [3.05, 3.63) is 0 Å². The van der Waals surface area contributed by atoms with E-state index in [0.29, 0.717) is 13.2 Å². The number of ether oxygens (including phenoxy) is 1. The quantitative estimate of drug-likeness (QED) is 0.646. The van der Waals surface area contributed by atoms with Gasteiger partial charge in [0.05, 0.1) is 19.1 Å². The minimum absolute atomic E-state index is 0.0185. The highest BCUT2D eigenvalue weighted by atomic mass is 16.5. The van der Waals surface area contributed by atoms with Gasteiger partial charge >= 0.3 is 11.9 Å². The number of carboxylic acids is 2. The van der Waals surface area contributed by atoms with Gasteiger partial charge in [0.1, 0.15) is 5.92 Å². The van der Waals surface area contributed by atoms with E-state index in [2.05, 4.69) is 4.74 Å². The fraction of sp³-hybridized carbons (Fsp3) is 0.750. The highest BCUT2D eigenvalue weighted by molar-refractivity contribution is 5.72. The van der Waals surface area contributed by atoms with Crippen LogP contribution in [0.5, 0.6) is 0 Å². The second-order valence-electron chi connectivity index (χ2n) is 3.19. The molecule has 1 aliphatic heterocycles. The molecular formula is C8H12O5. The lowest BCUT2D eigenvalue weighted by atomic mass is 10.1. The molecule has 2 fully saturated rings. The van der Waals surface area contributed by atoms with Gasteiger partial charge in [0.25, 0.3) is 0 Å². The molecule has 2 aliphatic rings. The first kappa shape index (κ1) is 9.98. The minimum Gasteiger partial charge on any atom is -0.481 e. The number of rotatable bonds is 2. The van der Waals surface area contributed by atoms with Crippen molar-refractivity contribution in [3.63, 3.8) is 0 Å². The summed E-state index contributed by atoms with van der Waals surface area (Å²) in [5, 5.41) is 16.2. The molecule has 0 unspecified atom stereocenters. The molecule has 2 rings (SSSR count). The smallest absolute Gasteiger partial charge is 0.311 e. The molecule has 5 heteroatoms. The Bertz CT molecular complexity index is 205. The van der Waals surface area contributed by atoms with E-state index >= 15 is 0 Å². The summed E-state index contributed by atoms with van der Waals surface area (Å²) in [5.41, 5.74) is 0. The van der Waals surface area contributed by atoms with E-state index in [9.17, 15) is 9.59 Å². The lowest BCUT2D eigenvalue weighted by molar-refractivity contribution is -0.156. The second-order valence-corrected chi connectivity index (χ2v) is 3.19. The Kier molecular flexibility index (Phi) is 3.25. The summed E-state index contributed by atoms with van der Waals surface area (Å²) < 4.78 is 4.62. The minimum atomic E-state index is -0.744. The highest BCUT2D eigenvalue weighted by Crippen LogP contribution is 2.28. The van der Waals surface area contributed by atoms with Crippen molar-refractivity contribution in [1.82, 2.24) is 0 Å². The second kappa shape index (κ2) is 4.23. The van der Waals surface area contributed by atoms with Crippen molar-refractivity contribution in [2.45, 2.75) is 12.8 Å². The van der Waals surface area contributed by atoms with Crippen LogP contribution in [0.3, 0.4) is 0 Å². The normalized spacial score (nSPS) is 20.9. The summed E-state index contributed by atoms with van der Waals surface area (Å²) in [6.07, 6.45) is 1.80. The van der Waals surface area contributed by atoms with Crippen molar-refractivity contribution in [2.75, 3.05) is 13.2 Å². The Morgan fingerprint density at radius 3 is 1.46 bits per heavy atom. The topological polar surface area (TPSA) is 83.8 Å². The molecule has 5 nitrogen and oxygen atoms in total. The molecule has 0 amide bonds. The van der Waals surface area contributed by atoms with Crippen molar-refractivity contribution < 1.29 is 24.5 Å². The predicted octanol–water partition coefficient (Wildman–Crippen LogP) is 0.198. The third-order valence-corrected chi connectivity index (χ3v) is 1.91. The maximum Gasteiger partial charge on any atom is 0.311 e. The average Bonchev–Trinajstić information content (AvgIpc) is 2.60. The molecule has 0 aromatic heterocycles. The largest absolute Gasteiger partial charge is 0.481 e. The molecule has 0 aromatic carbocycles. The summed E-state index contributed by atoms with van der Waals surface area (Å²) in [6, 6.07) is 0. The molecule has 74 valence electrons. The summed E-state index contributed by atoms with van der Waals surface area (Å²) in [7, 11) is 0. The maximum absolute atomic E-state index is 9.90. The molecular weight excluding hydrogens is 176 g/mol. The Labute approximate surface area is 75.3 Å². The summed E-state index contributed by atoms with van der Waals surface area (Å²) in [6.45, 7) is 0.796. The molecule has 1 saturated carbocycles. The molecule has 2 N–H and O–H groups in total. The van der Waals surface area contributed by atoms with Gasteiger partial charge in [-0.25, -0.2) is 0 Å². The van der Waals surface area contributed by atoms with Crippen LogP contribution in [0, 0.1) is 11.8 Å². The van der Waals surface area contributed by atoms with Crippen LogP contribution in [0.15, 0.2) is 0 Å². The van der Waals surface area contributed by atoms with Crippen LogP contribution in [0.1, 0.15) is 12.8 Å². The molecule has 0 aromatic rings. The standard InChI is InChI=1S/C4H6O3.C4H6O2/c5-4(6)3-1-7-2-3;5-4(6)3-1-2-3/h3H,1-2H2,(H,5,6);3H,1-2H2,(H,5,6). The first-order chi connectivity index (χ1) is 6.11. The van der Waals surface area contributed by atoms with Crippen molar-refractivity contribution >= 4 is 11.9 Å². The molecule has 13 heavy (non-hydrogen) atoms. The van der Waals surface area contributed by atoms with Crippen LogP contribution in [0.25, 0.3) is 0 Å².